The van der Waals surface area contributed by atoms with Gasteiger partial charge in [-0.15, -0.1) is 0 Å². The summed E-state index contributed by atoms with van der Waals surface area (Å²) in [6, 6.07) is -1.90. The lowest BCUT2D eigenvalue weighted by Crippen LogP contribution is -2.57. The Morgan fingerprint density at radius 1 is 1.07 bits per heavy atom. The predicted octanol–water partition coefficient (Wildman–Crippen LogP) is 3.52. The summed E-state index contributed by atoms with van der Waals surface area (Å²) in [4.78, 5) is 53.7. The number of carboxylic acids is 1. The highest BCUT2D eigenvalue weighted by Gasteiger charge is 2.65. The average molecular weight is 574 g/mol. The maximum absolute atomic E-state index is 12.5. The Morgan fingerprint density at radius 2 is 1.78 bits per heavy atom. The standard InChI is InChI=1S/C31H47N3O7/c1-6-7-25(28(38)39)33-27(37)18(2)32-26(36)17-41-34-21-10-13-29(4)20(16-21)8-9-22-23(29)11-14-30(5)24(22)12-15-31(30,40)19(3)35/h16,18,22-25,40H,6-15,17H2,1-5H3,(H,32,36)(H,33,37)(H,38,39)/t18-,22-,23+,24+,25+,29+,30+,31+/m1/s1. The van der Waals surface area contributed by atoms with Gasteiger partial charge in [0.25, 0.3) is 5.91 Å². The number of amides is 2. The van der Waals surface area contributed by atoms with Crippen molar-refractivity contribution in [3.63, 3.8) is 0 Å². The van der Waals surface area contributed by atoms with E-state index >= 15 is 0 Å². The van der Waals surface area contributed by atoms with E-state index in [0.717, 1.165) is 50.7 Å². The number of fused-ring (bicyclic) bond motifs is 5. The summed E-state index contributed by atoms with van der Waals surface area (Å²) < 4.78 is 0. The molecule has 8 atom stereocenters. The van der Waals surface area contributed by atoms with E-state index in [-0.39, 0.29) is 23.2 Å². The van der Waals surface area contributed by atoms with Gasteiger partial charge in [-0.05, 0) is 101 Å². The zero-order valence-electron chi connectivity index (χ0n) is 25.1. The van der Waals surface area contributed by atoms with Crippen LogP contribution in [-0.2, 0) is 24.0 Å². The molecule has 0 aromatic carbocycles. The number of aliphatic carboxylic acids is 1. The van der Waals surface area contributed by atoms with Crippen LogP contribution in [0.2, 0.25) is 0 Å². The molecule has 0 bridgehead atoms. The molecule has 10 nitrogen and oxygen atoms in total. The highest BCUT2D eigenvalue weighted by atomic mass is 16.6. The summed E-state index contributed by atoms with van der Waals surface area (Å²) >= 11 is 0. The molecule has 0 spiro atoms. The molecule has 2 amide bonds. The van der Waals surface area contributed by atoms with E-state index in [4.69, 9.17) is 4.84 Å². The van der Waals surface area contributed by atoms with Gasteiger partial charge in [0.05, 0.1) is 5.71 Å². The Kier molecular flexibility index (Phi) is 9.02. The number of allylic oxidation sites excluding steroid dienone is 2. The summed E-state index contributed by atoms with van der Waals surface area (Å²) in [7, 11) is 0. The molecular formula is C31H47N3O7. The molecule has 4 rings (SSSR count). The number of Topliss-reactive ketones (excluding diaryl/α,β-unsaturated/α-hetero) is 1. The lowest BCUT2D eigenvalue weighted by Gasteiger charge is -2.59. The van der Waals surface area contributed by atoms with Crippen LogP contribution in [0.5, 0.6) is 0 Å². The molecule has 0 aromatic rings. The lowest BCUT2D eigenvalue weighted by molar-refractivity contribution is -0.159. The van der Waals surface area contributed by atoms with Gasteiger partial charge < -0.3 is 25.7 Å². The molecule has 0 unspecified atom stereocenters. The quantitative estimate of drug-likeness (QED) is 0.292. The number of aliphatic hydroxyl groups is 1. The first kappa shape index (κ1) is 31.2. The minimum absolute atomic E-state index is 0.0476. The third kappa shape index (κ3) is 5.68. The van der Waals surface area contributed by atoms with Crippen molar-refractivity contribution >= 4 is 29.3 Å². The van der Waals surface area contributed by atoms with Gasteiger partial charge in [0.2, 0.25) is 5.91 Å². The number of carboxylic acid groups (broad SMARTS) is 1. The first-order chi connectivity index (χ1) is 19.3. The average Bonchev–Trinajstić information content (AvgIpc) is 3.20. The molecule has 41 heavy (non-hydrogen) atoms. The molecule has 0 radical (unpaired) electrons. The summed E-state index contributed by atoms with van der Waals surface area (Å²) in [6.07, 6.45) is 10.0. The van der Waals surface area contributed by atoms with E-state index in [9.17, 15) is 29.4 Å². The monoisotopic (exact) mass is 573 g/mol. The van der Waals surface area contributed by atoms with Crippen LogP contribution in [0.1, 0.15) is 98.8 Å². The Labute approximate surface area is 242 Å². The van der Waals surface area contributed by atoms with Gasteiger partial charge in [-0.1, -0.05) is 37.9 Å². The molecule has 4 aliphatic rings. The van der Waals surface area contributed by atoms with Gasteiger partial charge in [-0.2, -0.15) is 0 Å². The molecule has 10 heteroatoms. The molecule has 3 saturated carbocycles. The zero-order valence-corrected chi connectivity index (χ0v) is 25.1. The van der Waals surface area contributed by atoms with Gasteiger partial charge in [0.15, 0.2) is 12.4 Å². The minimum atomic E-state index is -1.20. The van der Waals surface area contributed by atoms with Crippen LogP contribution in [0.3, 0.4) is 0 Å². The van der Waals surface area contributed by atoms with Crippen molar-refractivity contribution < 1.29 is 34.2 Å². The first-order valence-corrected chi connectivity index (χ1v) is 15.2. The van der Waals surface area contributed by atoms with E-state index in [1.807, 2.05) is 6.92 Å². The Balaban J connectivity index is 1.33. The molecule has 0 saturated heterocycles. The number of hydrogen-bond acceptors (Lipinski definition) is 7. The second-order valence-electron chi connectivity index (χ2n) is 13.2. The smallest absolute Gasteiger partial charge is 0.326 e. The largest absolute Gasteiger partial charge is 0.480 e. The number of rotatable bonds is 10. The summed E-state index contributed by atoms with van der Waals surface area (Å²) in [5.41, 5.74) is 0.661. The summed E-state index contributed by atoms with van der Waals surface area (Å²) in [6.45, 7) is 9.02. The fourth-order valence-electron chi connectivity index (χ4n) is 8.60. The minimum Gasteiger partial charge on any atom is -0.480 e. The number of nitrogens with zero attached hydrogens (tertiary/aromatic N) is 1. The van der Waals surface area contributed by atoms with Crippen molar-refractivity contribution in [2.24, 2.45) is 33.7 Å². The normalized spacial score (nSPS) is 36.6. The van der Waals surface area contributed by atoms with Gasteiger partial charge >= 0.3 is 5.97 Å². The van der Waals surface area contributed by atoms with Crippen LogP contribution >= 0.6 is 0 Å². The Bertz CT molecular complexity index is 1130. The molecule has 0 aliphatic heterocycles. The predicted molar refractivity (Wildman–Crippen MR) is 153 cm³/mol. The van der Waals surface area contributed by atoms with Crippen LogP contribution in [-0.4, -0.2) is 63.8 Å². The Hall–Kier alpha value is -2.75. The molecule has 3 fully saturated rings. The van der Waals surface area contributed by atoms with Crippen LogP contribution in [0.4, 0.5) is 0 Å². The van der Waals surface area contributed by atoms with Gasteiger partial charge in [-0.25, -0.2) is 4.79 Å². The Morgan fingerprint density at radius 3 is 2.44 bits per heavy atom. The number of oxime groups is 1. The number of ketones is 1. The lowest BCUT2D eigenvalue weighted by atomic mass is 9.46. The van der Waals surface area contributed by atoms with Crippen molar-refractivity contribution in [3.05, 3.63) is 11.6 Å². The molecule has 4 aliphatic carbocycles. The zero-order chi connectivity index (χ0) is 30.2. The van der Waals surface area contributed by atoms with Crippen LogP contribution in [0, 0.1) is 28.6 Å². The maximum atomic E-state index is 12.5. The van der Waals surface area contributed by atoms with Crippen LogP contribution < -0.4 is 10.6 Å². The number of carbonyl (C=O) groups excluding carboxylic acids is 3. The molecule has 0 heterocycles. The highest BCUT2D eigenvalue weighted by Crippen LogP contribution is 2.67. The molecular weight excluding hydrogens is 526 g/mol. The van der Waals surface area contributed by atoms with E-state index in [2.05, 4.69) is 35.7 Å². The third-order valence-electron chi connectivity index (χ3n) is 11.1. The van der Waals surface area contributed by atoms with Crippen LogP contribution in [0.25, 0.3) is 0 Å². The highest BCUT2D eigenvalue weighted by molar-refractivity contribution is 5.96. The number of carbonyl (C=O) groups is 4. The molecule has 228 valence electrons. The summed E-state index contributed by atoms with van der Waals surface area (Å²) in [5.74, 6) is -0.915. The topological polar surface area (TPSA) is 154 Å². The first-order valence-electron chi connectivity index (χ1n) is 15.2. The van der Waals surface area contributed by atoms with Crippen molar-refractivity contribution in [2.75, 3.05) is 6.61 Å². The second kappa shape index (κ2) is 11.9. The SMILES string of the molecule is CCC[C@H](NC(=O)[C@@H](C)NC(=O)CON=C1C=C2CC[C@@H]3[C@H](CC[C@@]4(C)[C@H]3CC[C@]4(O)C(C)=O)[C@@]2(C)CC1)C(=O)O. The van der Waals surface area contributed by atoms with Crippen molar-refractivity contribution in [3.8, 4) is 0 Å². The van der Waals surface area contributed by atoms with Gasteiger partial charge in [-0.3, -0.25) is 14.4 Å². The van der Waals surface area contributed by atoms with E-state index < -0.39 is 35.5 Å². The fraction of sp³-hybridized carbons (Fsp3) is 0.774. The van der Waals surface area contributed by atoms with Crippen molar-refractivity contribution in [1.82, 2.24) is 10.6 Å². The number of nitrogens with one attached hydrogen (secondary N) is 2. The second-order valence-corrected chi connectivity index (χ2v) is 13.2. The van der Waals surface area contributed by atoms with Gasteiger partial charge in [0.1, 0.15) is 17.7 Å². The van der Waals surface area contributed by atoms with E-state index in [1.165, 1.54) is 12.5 Å². The van der Waals surface area contributed by atoms with Gasteiger partial charge in [0, 0.05) is 5.41 Å². The van der Waals surface area contributed by atoms with Crippen molar-refractivity contribution in [1.29, 1.82) is 0 Å². The van der Waals surface area contributed by atoms with Crippen molar-refractivity contribution in [2.45, 2.75) is 117 Å². The molecule has 0 aromatic heterocycles. The molecule has 4 N–H and O–H groups in total. The van der Waals surface area contributed by atoms with E-state index in [1.54, 1.807) is 6.92 Å². The van der Waals surface area contributed by atoms with E-state index in [0.29, 0.717) is 37.0 Å². The fourth-order valence-corrected chi connectivity index (χ4v) is 8.60. The van der Waals surface area contributed by atoms with Crippen LogP contribution in [0.15, 0.2) is 16.8 Å². The maximum Gasteiger partial charge on any atom is 0.326 e. The summed E-state index contributed by atoms with van der Waals surface area (Å²) in [5, 5.41) is 29.8. The third-order valence-corrected chi connectivity index (χ3v) is 11.1. The number of hydrogen-bond donors (Lipinski definition) is 4.